The van der Waals surface area contributed by atoms with Gasteiger partial charge in [0.2, 0.25) is 0 Å². The van der Waals surface area contributed by atoms with Gasteiger partial charge in [-0.1, -0.05) is 25.5 Å². The van der Waals surface area contributed by atoms with Gasteiger partial charge in [-0.05, 0) is 55.2 Å². The molecule has 0 heterocycles. The summed E-state index contributed by atoms with van der Waals surface area (Å²) in [5.74, 6) is 1.87. The molecular formula is C18H28O4S. The van der Waals surface area contributed by atoms with Gasteiger partial charge in [0.05, 0.1) is 18.1 Å². The molecule has 0 aromatic heterocycles. The minimum Gasteiger partial charge on any atom is -0.493 e. The van der Waals surface area contributed by atoms with Crippen molar-refractivity contribution in [1.82, 2.24) is 0 Å². The van der Waals surface area contributed by atoms with Crippen molar-refractivity contribution in [3.8, 4) is 5.75 Å². The summed E-state index contributed by atoms with van der Waals surface area (Å²) >= 11 is 0. The van der Waals surface area contributed by atoms with E-state index in [0.717, 1.165) is 24.3 Å². The van der Waals surface area contributed by atoms with E-state index in [4.69, 9.17) is 9.84 Å². The van der Waals surface area contributed by atoms with Crippen LogP contribution in [-0.2, 0) is 9.84 Å². The van der Waals surface area contributed by atoms with Crippen LogP contribution in [0.2, 0.25) is 0 Å². The highest BCUT2D eigenvalue weighted by Crippen LogP contribution is 2.30. The zero-order chi connectivity index (χ0) is 16.7. The van der Waals surface area contributed by atoms with E-state index >= 15 is 0 Å². The molecule has 0 saturated heterocycles. The van der Waals surface area contributed by atoms with E-state index < -0.39 is 9.84 Å². The predicted molar refractivity (Wildman–Crippen MR) is 92.7 cm³/mol. The Balaban J connectivity index is 1.85. The van der Waals surface area contributed by atoms with Gasteiger partial charge in [0.1, 0.15) is 5.75 Å². The molecule has 1 atom stereocenters. The third kappa shape index (κ3) is 6.92. The van der Waals surface area contributed by atoms with E-state index in [0.29, 0.717) is 18.8 Å². The maximum Gasteiger partial charge on any atom is 0.150 e. The van der Waals surface area contributed by atoms with Crippen molar-refractivity contribution in [2.45, 2.75) is 44.9 Å². The molecule has 0 spiro atoms. The van der Waals surface area contributed by atoms with Crippen molar-refractivity contribution < 1.29 is 18.3 Å². The first-order chi connectivity index (χ1) is 11.0. The Bertz CT molecular complexity index is 578. The van der Waals surface area contributed by atoms with Gasteiger partial charge < -0.3 is 9.84 Å². The highest BCUT2D eigenvalue weighted by molar-refractivity contribution is 7.91. The largest absolute Gasteiger partial charge is 0.493 e. The summed E-state index contributed by atoms with van der Waals surface area (Å²) in [6.45, 7) is 2.84. The van der Waals surface area contributed by atoms with Crippen LogP contribution < -0.4 is 4.74 Å². The predicted octanol–water partition coefficient (Wildman–Crippen LogP) is 3.16. The monoisotopic (exact) mass is 340 g/mol. The molecular weight excluding hydrogens is 312 g/mol. The highest BCUT2D eigenvalue weighted by Gasteiger charge is 2.22. The lowest BCUT2D eigenvalue weighted by molar-refractivity contribution is 0.284. The van der Waals surface area contributed by atoms with Crippen molar-refractivity contribution in [2.24, 2.45) is 5.92 Å². The van der Waals surface area contributed by atoms with E-state index in [1.165, 1.54) is 12.8 Å². The van der Waals surface area contributed by atoms with Crippen molar-refractivity contribution >= 4 is 9.84 Å². The second-order valence-electron chi connectivity index (χ2n) is 6.63. The van der Waals surface area contributed by atoms with Crippen LogP contribution in [0.25, 0.3) is 0 Å². The fraction of sp³-hybridized carbons (Fsp3) is 0.667. The van der Waals surface area contributed by atoms with Crippen molar-refractivity contribution in [3.05, 3.63) is 29.8 Å². The van der Waals surface area contributed by atoms with Crippen LogP contribution in [0.4, 0.5) is 0 Å². The average Bonchev–Trinajstić information content (AvgIpc) is 3.34. The summed E-state index contributed by atoms with van der Waals surface area (Å²) in [6.07, 6.45) is 4.56. The molecule has 0 radical (unpaired) electrons. The molecule has 0 unspecified atom stereocenters. The van der Waals surface area contributed by atoms with Gasteiger partial charge in [-0.25, -0.2) is 8.42 Å². The summed E-state index contributed by atoms with van der Waals surface area (Å²) < 4.78 is 30.2. The Morgan fingerprint density at radius 3 is 2.74 bits per heavy atom. The van der Waals surface area contributed by atoms with Crippen LogP contribution in [0, 0.1) is 5.92 Å². The summed E-state index contributed by atoms with van der Waals surface area (Å²) in [4.78, 5) is 0. The lowest BCUT2D eigenvalue weighted by Crippen LogP contribution is -2.16. The molecule has 0 bridgehead atoms. The molecule has 1 aliphatic carbocycles. The second kappa shape index (κ2) is 8.69. The Kier molecular flexibility index (Phi) is 6.90. The number of aliphatic hydroxyl groups is 1. The Morgan fingerprint density at radius 2 is 2.04 bits per heavy atom. The van der Waals surface area contributed by atoms with Crippen molar-refractivity contribution in [2.75, 3.05) is 24.7 Å². The van der Waals surface area contributed by atoms with Crippen LogP contribution in [-0.4, -0.2) is 38.2 Å². The maximum atomic E-state index is 12.2. The minimum atomic E-state index is -3.06. The third-order valence-corrected chi connectivity index (χ3v) is 6.15. The van der Waals surface area contributed by atoms with Gasteiger partial charge in [-0.15, -0.1) is 0 Å². The number of benzene rings is 1. The number of hydrogen-bond acceptors (Lipinski definition) is 4. The lowest BCUT2D eigenvalue weighted by Gasteiger charge is -2.14. The molecule has 1 fully saturated rings. The first kappa shape index (κ1) is 18.3. The number of aliphatic hydroxyl groups excluding tert-OH is 1. The molecule has 1 aromatic rings. The van der Waals surface area contributed by atoms with Gasteiger partial charge >= 0.3 is 0 Å². The Morgan fingerprint density at radius 1 is 1.26 bits per heavy atom. The second-order valence-corrected chi connectivity index (χ2v) is 8.86. The molecule has 1 aromatic carbocycles. The van der Waals surface area contributed by atoms with Gasteiger partial charge in [-0.3, -0.25) is 0 Å². The number of unbranched alkanes of at least 4 members (excludes halogenated alkanes) is 2. The highest BCUT2D eigenvalue weighted by atomic mass is 32.2. The van der Waals surface area contributed by atoms with Gasteiger partial charge in [-0.2, -0.15) is 0 Å². The molecule has 0 aliphatic heterocycles. The normalized spacial score (nSPS) is 16.3. The smallest absolute Gasteiger partial charge is 0.150 e. The van der Waals surface area contributed by atoms with Gasteiger partial charge in [0.15, 0.2) is 9.84 Å². The average molecular weight is 340 g/mol. The first-order valence-electron chi connectivity index (χ1n) is 8.54. The van der Waals surface area contributed by atoms with E-state index in [9.17, 15) is 8.42 Å². The Hall–Kier alpha value is -1.07. The number of rotatable bonds is 11. The fourth-order valence-electron chi connectivity index (χ4n) is 2.58. The minimum absolute atomic E-state index is 0.0395. The zero-order valence-corrected chi connectivity index (χ0v) is 14.7. The summed E-state index contributed by atoms with van der Waals surface area (Å²) in [5, 5.41) is 8.74. The molecule has 1 saturated carbocycles. The van der Waals surface area contributed by atoms with Crippen molar-refractivity contribution in [3.63, 3.8) is 0 Å². The van der Waals surface area contributed by atoms with E-state index in [-0.39, 0.29) is 24.0 Å². The summed E-state index contributed by atoms with van der Waals surface area (Å²) in [7, 11) is -3.06. The number of sulfone groups is 1. The maximum absolute atomic E-state index is 12.2. The molecule has 0 amide bonds. The summed E-state index contributed by atoms with van der Waals surface area (Å²) in [5.41, 5.74) is 1.01. The molecule has 1 N–H and O–H groups in total. The van der Waals surface area contributed by atoms with Crippen LogP contribution in [0.1, 0.15) is 50.5 Å². The molecule has 2 rings (SSSR count). The molecule has 1 aliphatic rings. The summed E-state index contributed by atoms with van der Waals surface area (Å²) in [6, 6.07) is 7.80. The van der Waals surface area contributed by atoms with Crippen LogP contribution in [0.15, 0.2) is 24.3 Å². The van der Waals surface area contributed by atoms with Crippen LogP contribution in [0.3, 0.4) is 0 Å². The number of ether oxygens (including phenoxy) is 1. The van der Waals surface area contributed by atoms with E-state index in [1.54, 1.807) is 0 Å². The SMILES string of the molecule is C[C@@H](CS(=O)(=O)CCCCCO)c1cccc(OCC2CC2)c1. The van der Waals surface area contributed by atoms with Gasteiger partial charge in [0, 0.05) is 6.61 Å². The molecule has 130 valence electrons. The fourth-order valence-corrected chi connectivity index (χ4v) is 4.35. The molecule has 23 heavy (non-hydrogen) atoms. The van der Waals surface area contributed by atoms with E-state index in [2.05, 4.69) is 0 Å². The molecule has 4 nitrogen and oxygen atoms in total. The van der Waals surface area contributed by atoms with Crippen molar-refractivity contribution in [1.29, 1.82) is 0 Å². The Labute approximate surface area is 139 Å². The quantitative estimate of drug-likeness (QED) is 0.629. The van der Waals surface area contributed by atoms with E-state index in [1.807, 2.05) is 31.2 Å². The lowest BCUT2D eigenvalue weighted by atomic mass is 10.0. The molecule has 5 heteroatoms. The van der Waals surface area contributed by atoms with Gasteiger partial charge in [0.25, 0.3) is 0 Å². The van der Waals surface area contributed by atoms with Crippen LogP contribution in [0.5, 0.6) is 5.75 Å². The first-order valence-corrected chi connectivity index (χ1v) is 10.4. The number of hydrogen-bond donors (Lipinski definition) is 1. The van der Waals surface area contributed by atoms with Crippen LogP contribution >= 0.6 is 0 Å². The standard InChI is InChI=1S/C18H28O4S/c1-15(14-23(20,21)11-4-2-3-10-19)17-6-5-7-18(12-17)22-13-16-8-9-16/h5-7,12,15-16,19H,2-4,8-11,13-14H2,1H3/t15-/m0/s1. The topological polar surface area (TPSA) is 63.6 Å². The third-order valence-electron chi connectivity index (χ3n) is 4.23. The zero-order valence-electron chi connectivity index (χ0n) is 13.9.